The molecule has 1 atom stereocenters. The van der Waals surface area contributed by atoms with E-state index in [1.54, 1.807) is 19.1 Å². The highest BCUT2D eigenvalue weighted by Gasteiger charge is 2.14. The van der Waals surface area contributed by atoms with E-state index in [1.807, 2.05) is 12.1 Å². The van der Waals surface area contributed by atoms with Crippen molar-refractivity contribution in [1.29, 1.82) is 0 Å². The van der Waals surface area contributed by atoms with Crippen LogP contribution in [-0.4, -0.2) is 23.1 Å². The van der Waals surface area contributed by atoms with Crippen molar-refractivity contribution in [2.45, 2.75) is 13.0 Å². The van der Waals surface area contributed by atoms with Gasteiger partial charge in [0.1, 0.15) is 5.75 Å². The SMILES string of the molecule is CC(Oc1ccc(Br)cc1)C(=O)NN=Cc1cc([N+](=O)[O-])cs1. The number of carbonyl (C=O) groups excluding carboxylic acids is 1. The number of hydrazone groups is 1. The Morgan fingerprint density at radius 2 is 2.17 bits per heavy atom. The molecule has 0 aliphatic carbocycles. The normalized spacial score (nSPS) is 12.1. The van der Waals surface area contributed by atoms with Crippen LogP contribution in [0.25, 0.3) is 0 Å². The van der Waals surface area contributed by atoms with Crippen molar-refractivity contribution in [3.05, 3.63) is 55.2 Å². The molecule has 0 spiro atoms. The van der Waals surface area contributed by atoms with Crippen molar-refractivity contribution in [3.8, 4) is 5.75 Å². The first-order chi connectivity index (χ1) is 11.0. The molecule has 2 rings (SSSR count). The number of hydrogen-bond donors (Lipinski definition) is 1. The van der Waals surface area contributed by atoms with Gasteiger partial charge < -0.3 is 4.74 Å². The van der Waals surface area contributed by atoms with Gasteiger partial charge in [-0.2, -0.15) is 5.10 Å². The van der Waals surface area contributed by atoms with Crippen LogP contribution in [0.4, 0.5) is 5.69 Å². The Labute approximate surface area is 144 Å². The summed E-state index contributed by atoms with van der Waals surface area (Å²) >= 11 is 4.48. The Morgan fingerprint density at radius 1 is 1.48 bits per heavy atom. The molecule has 1 heterocycles. The molecule has 0 fully saturated rings. The van der Waals surface area contributed by atoms with Crippen LogP contribution in [0.5, 0.6) is 5.75 Å². The summed E-state index contributed by atoms with van der Waals surface area (Å²) in [6.07, 6.45) is 0.619. The number of halogens is 1. The van der Waals surface area contributed by atoms with Crippen LogP contribution >= 0.6 is 27.3 Å². The van der Waals surface area contributed by atoms with Crippen LogP contribution in [-0.2, 0) is 4.79 Å². The summed E-state index contributed by atoms with van der Waals surface area (Å²) in [7, 11) is 0. The third-order valence-electron chi connectivity index (χ3n) is 2.68. The van der Waals surface area contributed by atoms with Gasteiger partial charge in [0, 0.05) is 10.5 Å². The molecule has 0 saturated carbocycles. The Hall–Kier alpha value is -2.26. The van der Waals surface area contributed by atoms with E-state index in [-0.39, 0.29) is 5.69 Å². The summed E-state index contributed by atoms with van der Waals surface area (Å²) in [4.78, 5) is 22.5. The molecule has 1 aromatic carbocycles. The molecule has 0 aliphatic heterocycles. The lowest BCUT2D eigenvalue weighted by molar-refractivity contribution is -0.384. The van der Waals surface area contributed by atoms with Gasteiger partial charge in [-0.25, -0.2) is 5.43 Å². The van der Waals surface area contributed by atoms with Crippen molar-refractivity contribution >= 4 is 45.1 Å². The molecule has 1 amide bonds. The number of nitro groups is 1. The first kappa shape index (κ1) is 17.1. The topological polar surface area (TPSA) is 93.8 Å². The molecule has 23 heavy (non-hydrogen) atoms. The zero-order valence-corrected chi connectivity index (χ0v) is 14.3. The number of thiophene rings is 1. The Bertz CT molecular complexity index is 730. The molecule has 2 aromatic rings. The maximum absolute atomic E-state index is 11.9. The average Bonchev–Trinajstić information content (AvgIpc) is 2.98. The smallest absolute Gasteiger partial charge is 0.280 e. The standard InChI is InChI=1S/C14H12BrN3O4S/c1-9(22-12-4-2-10(15)3-5-12)14(19)17-16-7-13-6-11(8-23-13)18(20)21/h2-9H,1H3,(H,17,19). The van der Waals surface area contributed by atoms with Gasteiger partial charge in [-0.3, -0.25) is 14.9 Å². The predicted octanol–water partition coefficient (Wildman–Crippen LogP) is 3.34. The molecule has 0 radical (unpaired) electrons. The highest BCUT2D eigenvalue weighted by atomic mass is 79.9. The van der Waals surface area contributed by atoms with E-state index in [2.05, 4.69) is 26.5 Å². The van der Waals surface area contributed by atoms with E-state index in [0.717, 1.165) is 15.8 Å². The van der Waals surface area contributed by atoms with Crippen LogP contribution in [0.1, 0.15) is 11.8 Å². The first-order valence-corrected chi connectivity index (χ1v) is 8.11. The van der Waals surface area contributed by atoms with Gasteiger partial charge >= 0.3 is 0 Å². The Kier molecular flexibility index (Phi) is 5.83. The van der Waals surface area contributed by atoms with Gasteiger partial charge in [-0.1, -0.05) is 15.9 Å². The van der Waals surface area contributed by atoms with E-state index >= 15 is 0 Å². The zero-order chi connectivity index (χ0) is 16.8. The van der Waals surface area contributed by atoms with Gasteiger partial charge in [0.2, 0.25) is 0 Å². The lowest BCUT2D eigenvalue weighted by Crippen LogP contribution is -2.33. The number of hydrogen-bond acceptors (Lipinski definition) is 6. The second-order valence-corrected chi connectivity index (χ2v) is 6.27. The van der Waals surface area contributed by atoms with E-state index in [1.165, 1.54) is 17.7 Å². The van der Waals surface area contributed by atoms with E-state index in [9.17, 15) is 14.9 Å². The lowest BCUT2D eigenvalue weighted by atomic mass is 10.3. The quantitative estimate of drug-likeness (QED) is 0.459. The lowest BCUT2D eigenvalue weighted by Gasteiger charge is -2.12. The maximum Gasteiger partial charge on any atom is 0.280 e. The summed E-state index contributed by atoms with van der Waals surface area (Å²) in [5, 5.41) is 15.7. The van der Waals surface area contributed by atoms with Crippen LogP contribution in [0.15, 0.2) is 45.3 Å². The fourth-order valence-electron chi connectivity index (χ4n) is 1.53. The Balaban J connectivity index is 1.86. The van der Waals surface area contributed by atoms with Crippen molar-refractivity contribution in [3.63, 3.8) is 0 Å². The number of nitrogens with one attached hydrogen (secondary N) is 1. The fourth-order valence-corrected chi connectivity index (χ4v) is 2.50. The van der Waals surface area contributed by atoms with E-state index in [4.69, 9.17) is 4.74 Å². The highest BCUT2D eigenvalue weighted by molar-refractivity contribution is 9.10. The molecule has 120 valence electrons. The van der Waals surface area contributed by atoms with Crippen LogP contribution in [0.2, 0.25) is 0 Å². The second-order valence-electron chi connectivity index (χ2n) is 4.41. The van der Waals surface area contributed by atoms with Gasteiger partial charge in [-0.05, 0) is 31.2 Å². The monoisotopic (exact) mass is 397 g/mol. The summed E-state index contributed by atoms with van der Waals surface area (Å²) in [5.74, 6) is 0.143. The molecule has 1 N–H and O–H groups in total. The van der Waals surface area contributed by atoms with Crippen molar-refractivity contribution in [2.75, 3.05) is 0 Å². The highest BCUT2D eigenvalue weighted by Crippen LogP contribution is 2.19. The molecular formula is C14H12BrN3O4S. The van der Waals surface area contributed by atoms with Crippen molar-refractivity contribution in [1.82, 2.24) is 5.43 Å². The van der Waals surface area contributed by atoms with Crippen LogP contribution in [0.3, 0.4) is 0 Å². The number of benzene rings is 1. The summed E-state index contributed by atoms with van der Waals surface area (Å²) < 4.78 is 6.39. The fraction of sp³-hybridized carbons (Fsp3) is 0.143. The average molecular weight is 398 g/mol. The number of carbonyl (C=O) groups is 1. The molecule has 9 heteroatoms. The number of nitrogens with zero attached hydrogens (tertiary/aromatic N) is 2. The number of amides is 1. The maximum atomic E-state index is 11.9. The minimum Gasteiger partial charge on any atom is -0.481 e. The zero-order valence-electron chi connectivity index (χ0n) is 11.9. The molecular weight excluding hydrogens is 386 g/mol. The third-order valence-corrected chi connectivity index (χ3v) is 4.06. The number of ether oxygens (including phenoxy) is 1. The molecule has 7 nitrogen and oxygen atoms in total. The first-order valence-electron chi connectivity index (χ1n) is 6.44. The number of rotatable bonds is 6. The molecule has 0 bridgehead atoms. The van der Waals surface area contributed by atoms with Crippen LogP contribution < -0.4 is 10.2 Å². The van der Waals surface area contributed by atoms with Crippen molar-refractivity contribution in [2.24, 2.45) is 5.10 Å². The molecule has 1 aromatic heterocycles. The second kappa shape index (κ2) is 7.84. The van der Waals surface area contributed by atoms with Gasteiger partial charge in [0.05, 0.1) is 21.4 Å². The summed E-state index contributed by atoms with van der Waals surface area (Å²) in [5.41, 5.74) is 2.33. The largest absolute Gasteiger partial charge is 0.481 e. The van der Waals surface area contributed by atoms with Crippen molar-refractivity contribution < 1.29 is 14.5 Å². The predicted molar refractivity (Wildman–Crippen MR) is 90.9 cm³/mol. The van der Waals surface area contributed by atoms with E-state index in [0.29, 0.717) is 10.6 Å². The summed E-state index contributed by atoms with van der Waals surface area (Å²) in [6.45, 7) is 1.60. The molecule has 1 unspecified atom stereocenters. The van der Waals surface area contributed by atoms with Crippen LogP contribution in [0, 0.1) is 10.1 Å². The Morgan fingerprint density at radius 3 is 2.78 bits per heavy atom. The minimum atomic E-state index is -0.731. The third kappa shape index (κ3) is 5.15. The van der Waals surface area contributed by atoms with Gasteiger partial charge in [-0.15, -0.1) is 11.3 Å². The van der Waals surface area contributed by atoms with Gasteiger partial charge in [0.15, 0.2) is 6.10 Å². The summed E-state index contributed by atoms with van der Waals surface area (Å²) in [6, 6.07) is 8.47. The molecule has 0 saturated heterocycles. The van der Waals surface area contributed by atoms with E-state index < -0.39 is 16.9 Å². The van der Waals surface area contributed by atoms with Gasteiger partial charge in [0.25, 0.3) is 11.6 Å². The molecule has 0 aliphatic rings. The minimum absolute atomic E-state index is 0.00489.